The van der Waals surface area contributed by atoms with Crippen molar-refractivity contribution in [2.24, 2.45) is 11.7 Å². The van der Waals surface area contributed by atoms with Gasteiger partial charge in [-0.1, -0.05) is 12.1 Å². The highest BCUT2D eigenvalue weighted by molar-refractivity contribution is 5.81. The molecule has 0 spiro atoms. The molecular weight excluding hydrogens is 306 g/mol. The molecule has 0 radical (unpaired) electrons. The molecule has 1 amide bonds. The van der Waals surface area contributed by atoms with Gasteiger partial charge in [0.05, 0.1) is 6.04 Å². The molecule has 134 valence electrons. The minimum absolute atomic E-state index is 0.0896. The van der Waals surface area contributed by atoms with Gasteiger partial charge in [0.2, 0.25) is 5.91 Å². The van der Waals surface area contributed by atoms with E-state index in [2.05, 4.69) is 10.2 Å². The molecule has 2 rings (SSSR count). The van der Waals surface area contributed by atoms with Gasteiger partial charge in [0.25, 0.3) is 0 Å². The van der Waals surface area contributed by atoms with Gasteiger partial charge in [0.1, 0.15) is 12.4 Å². The monoisotopic (exact) mass is 335 g/mol. The van der Waals surface area contributed by atoms with E-state index in [4.69, 9.17) is 15.2 Å². The first-order valence-corrected chi connectivity index (χ1v) is 8.54. The number of amides is 1. The third-order valence-corrected chi connectivity index (χ3v) is 4.27. The summed E-state index contributed by atoms with van der Waals surface area (Å²) in [6.45, 7) is 3.40. The molecule has 0 aliphatic carbocycles. The van der Waals surface area contributed by atoms with Gasteiger partial charge in [-0.25, -0.2) is 0 Å². The molecule has 1 fully saturated rings. The van der Waals surface area contributed by atoms with Crippen LogP contribution in [-0.2, 0) is 16.1 Å². The first kappa shape index (κ1) is 18.7. The molecule has 1 saturated heterocycles. The van der Waals surface area contributed by atoms with Gasteiger partial charge in [-0.15, -0.1) is 0 Å². The van der Waals surface area contributed by atoms with Crippen molar-refractivity contribution < 1.29 is 14.3 Å². The van der Waals surface area contributed by atoms with Crippen LogP contribution in [-0.4, -0.2) is 57.3 Å². The number of benzene rings is 1. The molecule has 6 heteroatoms. The highest BCUT2D eigenvalue weighted by Gasteiger charge is 2.26. The standard InChI is InChI=1S/C18H29N3O3/c1-21(2)9-12-24-16-5-3-14(4-6-16)13-20-18(22)17(19)15-7-10-23-11-8-15/h3-6,15,17H,7-13,19H2,1-2H3,(H,20,22). The number of nitrogens with zero attached hydrogens (tertiary/aromatic N) is 1. The van der Waals surface area contributed by atoms with E-state index in [-0.39, 0.29) is 11.8 Å². The highest BCUT2D eigenvalue weighted by atomic mass is 16.5. The van der Waals surface area contributed by atoms with Crippen molar-refractivity contribution in [3.8, 4) is 5.75 Å². The molecule has 1 aromatic rings. The maximum Gasteiger partial charge on any atom is 0.237 e. The maximum absolute atomic E-state index is 12.2. The van der Waals surface area contributed by atoms with Crippen LogP contribution in [0.25, 0.3) is 0 Å². The Morgan fingerprint density at radius 3 is 2.62 bits per heavy atom. The number of carbonyl (C=O) groups excluding carboxylic acids is 1. The van der Waals surface area contributed by atoms with Crippen LogP contribution in [0, 0.1) is 5.92 Å². The number of carbonyl (C=O) groups is 1. The molecule has 1 heterocycles. The Kier molecular flexibility index (Phi) is 7.49. The third kappa shape index (κ3) is 6.11. The van der Waals surface area contributed by atoms with E-state index in [0.29, 0.717) is 26.4 Å². The number of nitrogens with one attached hydrogen (secondary N) is 1. The number of nitrogens with two attached hydrogens (primary N) is 1. The molecular formula is C18H29N3O3. The normalized spacial score (nSPS) is 16.8. The lowest BCUT2D eigenvalue weighted by molar-refractivity contribution is -0.124. The fourth-order valence-corrected chi connectivity index (χ4v) is 2.65. The van der Waals surface area contributed by atoms with Crippen LogP contribution in [0.1, 0.15) is 18.4 Å². The molecule has 24 heavy (non-hydrogen) atoms. The Hall–Kier alpha value is -1.63. The van der Waals surface area contributed by atoms with Crippen molar-refractivity contribution in [2.75, 3.05) is 40.5 Å². The van der Waals surface area contributed by atoms with Crippen LogP contribution in [0.3, 0.4) is 0 Å². The molecule has 1 aliphatic heterocycles. The van der Waals surface area contributed by atoms with Gasteiger partial charge in [-0.3, -0.25) is 4.79 Å². The lowest BCUT2D eigenvalue weighted by atomic mass is 9.92. The Morgan fingerprint density at radius 2 is 2.00 bits per heavy atom. The third-order valence-electron chi connectivity index (χ3n) is 4.27. The average Bonchev–Trinajstić information content (AvgIpc) is 2.60. The van der Waals surface area contributed by atoms with Crippen molar-refractivity contribution in [3.63, 3.8) is 0 Å². The minimum atomic E-state index is -0.456. The highest BCUT2D eigenvalue weighted by Crippen LogP contribution is 2.18. The Morgan fingerprint density at radius 1 is 1.33 bits per heavy atom. The van der Waals surface area contributed by atoms with Crippen LogP contribution in [0.5, 0.6) is 5.75 Å². The quantitative estimate of drug-likeness (QED) is 0.741. The molecule has 1 aromatic carbocycles. The number of likely N-dealkylation sites (N-methyl/N-ethyl adjacent to an activating group) is 1. The van der Waals surface area contributed by atoms with E-state index in [1.54, 1.807) is 0 Å². The molecule has 1 atom stereocenters. The SMILES string of the molecule is CN(C)CCOc1ccc(CNC(=O)C(N)C2CCOCC2)cc1. The number of hydrogen-bond donors (Lipinski definition) is 2. The largest absolute Gasteiger partial charge is 0.492 e. The summed E-state index contributed by atoms with van der Waals surface area (Å²) in [5.41, 5.74) is 7.10. The lowest BCUT2D eigenvalue weighted by Crippen LogP contribution is -2.46. The second kappa shape index (κ2) is 9.61. The van der Waals surface area contributed by atoms with Crippen LogP contribution < -0.4 is 15.8 Å². The smallest absolute Gasteiger partial charge is 0.237 e. The van der Waals surface area contributed by atoms with Crippen molar-refractivity contribution in [1.29, 1.82) is 0 Å². The average molecular weight is 335 g/mol. The summed E-state index contributed by atoms with van der Waals surface area (Å²) in [6.07, 6.45) is 1.71. The van der Waals surface area contributed by atoms with Gasteiger partial charge in [-0.2, -0.15) is 0 Å². The van der Waals surface area contributed by atoms with Crippen LogP contribution in [0.4, 0.5) is 0 Å². The molecule has 6 nitrogen and oxygen atoms in total. The first-order chi connectivity index (χ1) is 11.6. The molecule has 0 bridgehead atoms. The Bertz CT molecular complexity index is 499. The van der Waals surface area contributed by atoms with Crippen molar-refractivity contribution in [3.05, 3.63) is 29.8 Å². The van der Waals surface area contributed by atoms with Crippen molar-refractivity contribution in [1.82, 2.24) is 10.2 Å². The zero-order chi connectivity index (χ0) is 17.4. The van der Waals surface area contributed by atoms with Gasteiger partial charge in [0, 0.05) is 26.3 Å². The van der Waals surface area contributed by atoms with E-state index in [9.17, 15) is 4.79 Å². The van der Waals surface area contributed by atoms with E-state index >= 15 is 0 Å². The van der Waals surface area contributed by atoms with Gasteiger partial charge >= 0.3 is 0 Å². The zero-order valence-corrected chi connectivity index (χ0v) is 14.7. The Balaban J connectivity index is 1.73. The van der Waals surface area contributed by atoms with Gasteiger partial charge in [-0.05, 0) is 50.6 Å². The van der Waals surface area contributed by atoms with Gasteiger partial charge < -0.3 is 25.4 Å². The van der Waals surface area contributed by atoms with E-state index in [1.165, 1.54) is 0 Å². The molecule has 0 saturated carbocycles. The zero-order valence-electron chi connectivity index (χ0n) is 14.7. The number of rotatable bonds is 8. The minimum Gasteiger partial charge on any atom is -0.492 e. The maximum atomic E-state index is 12.2. The van der Waals surface area contributed by atoms with E-state index in [0.717, 1.165) is 30.7 Å². The summed E-state index contributed by atoms with van der Waals surface area (Å²) < 4.78 is 11.0. The summed E-state index contributed by atoms with van der Waals surface area (Å²) >= 11 is 0. The summed E-state index contributed by atoms with van der Waals surface area (Å²) in [6, 6.07) is 7.32. The molecule has 1 aliphatic rings. The number of ether oxygens (including phenoxy) is 2. The second-order valence-electron chi connectivity index (χ2n) is 6.49. The summed E-state index contributed by atoms with van der Waals surface area (Å²) in [4.78, 5) is 14.3. The van der Waals surface area contributed by atoms with Crippen LogP contribution >= 0.6 is 0 Å². The van der Waals surface area contributed by atoms with Crippen LogP contribution in [0.15, 0.2) is 24.3 Å². The summed E-state index contributed by atoms with van der Waals surface area (Å²) in [5.74, 6) is 0.963. The Labute approximate surface area is 144 Å². The molecule has 1 unspecified atom stereocenters. The lowest BCUT2D eigenvalue weighted by Gasteiger charge is -2.26. The van der Waals surface area contributed by atoms with Crippen LogP contribution in [0.2, 0.25) is 0 Å². The predicted molar refractivity (Wildman–Crippen MR) is 93.9 cm³/mol. The fourth-order valence-electron chi connectivity index (χ4n) is 2.65. The first-order valence-electron chi connectivity index (χ1n) is 8.54. The predicted octanol–water partition coefficient (Wildman–Crippen LogP) is 0.997. The van der Waals surface area contributed by atoms with Gasteiger partial charge in [0.15, 0.2) is 0 Å². The van der Waals surface area contributed by atoms with Crippen molar-refractivity contribution in [2.45, 2.75) is 25.4 Å². The van der Waals surface area contributed by atoms with E-state index < -0.39 is 6.04 Å². The fraction of sp³-hybridized carbons (Fsp3) is 0.611. The molecule has 0 aromatic heterocycles. The van der Waals surface area contributed by atoms with Crippen molar-refractivity contribution >= 4 is 5.91 Å². The topological polar surface area (TPSA) is 76.8 Å². The molecule has 3 N–H and O–H groups in total. The summed E-state index contributed by atoms with van der Waals surface area (Å²) in [5, 5.41) is 2.92. The second-order valence-corrected chi connectivity index (χ2v) is 6.49. The number of hydrogen-bond acceptors (Lipinski definition) is 5. The summed E-state index contributed by atoms with van der Waals surface area (Å²) in [7, 11) is 4.03. The van der Waals surface area contributed by atoms with E-state index in [1.807, 2.05) is 38.4 Å².